The van der Waals surface area contributed by atoms with Gasteiger partial charge in [0.1, 0.15) is 0 Å². The fourth-order valence-electron chi connectivity index (χ4n) is 2.79. The number of carbonyl (C=O) groups excluding carboxylic acids is 1. The lowest BCUT2D eigenvalue weighted by Gasteiger charge is -2.37. The second-order valence-electron chi connectivity index (χ2n) is 6.22. The molecule has 106 valence electrons. The maximum Gasteiger partial charge on any atom is 0.409 e. The predicted molar refractivity (Wildman–Crippen MR) is 72.3 cm³/mol. The first kappa shape index (κ1) is 14.2. The molecule has 2 atom stereocenters. The summed E-state index contributed by atoms with van der Waals surface area (Å²) in [6.07, 6.45) is 4.18. The van der Waals surface area contributed by atoms with Gasteiger partial charge in [-0.1, -0.05) is 26.7 Å². The van der Waals surface area contributed by atoms with Crippen LogP contribution in [0, 0.1) is 35.0 Å². The Labute approximate surface area is 115 Å². The molecule has 2 aliphatic rings. The number of amides is 1. The Hall–Kier alpha value is -1.24. The molecular weight excluding hydrogens is 240 g/mol. The number of ether oxygens (including phenoxy) is 1. The van der Waals surface area contributed by atoms with Crippen molar-refractivity contribution in [2.45, 2.75) is 39.5 Å². The topological polar surface area (TPSA) is 53.3 Å². The number of nitrogens with zero attached hydrogens (tertiary/aromatic N) is 2. The summed E-state index contributed by atoms with van der Waals surface area (Å²) in [6.45, 7) is 6.11. The van der Waals surface area contributed by atoms with Gasteiger partial charge in [0.2, 0.25) is 0 Å². The average molecular weight is 264 g/mol. The van der Waals surface area contributed by atoms with Crippen molar-refractivity contribution in [3.8, 4) is 6.07 Å². The Balaban J connectivity index is 1.79. The van der Waals surface area contributed by atoms with Gasteiger partial charge >= 0.3 is 6.09 Å². The molecule has 1 aliphatic carbocycles. The van der Waals surface area contributed by atoms with Gasteiger partial charge in [-0.25, -0.2) is 4.79 Å². The zero-order valence-electron chi connectivity index (χ0n) is 12.0. The maximum absolute atomic E-state index is 12.0. The predicted octanol–water partition coefficient (Wildman–Crippen LogP) is 3.04. The van der Waals surface area contributed by atoms with Crippen molar-refractivity contribution in [1.82, 2.24) is 4.90 Å². The summed E-state index contributed by atoms with van der Waals surface area (Å²) in [7, 11) is 0. The first-order valence-corrected chi connectivity index (χ1v) is 7.43. The summed E-state index contributed by atoms with van der Waals surface area (Å²) in [5, 5.41) is 9.16. The largest absolute Gasteiger partial charge is 0.449 e. The minimum atomic E-state index is -0.192. The minimum absolute atomic E-state index is 0.0792. The molecule has 0 spiro atoms. The van der Waals surface area contributed by atoms with Gasteiger partial charge in [-0.15, -0.1) is 0 Å². The lowest BCUT2D eigenvalue weighted by molar-refractivity contribution is 0.0658. The van der Waals surface area contributed by atoms with Gasteiger partial charge in [0.25, 0.3) is 0 Å². The van der Waals surface area contributed by atoms with Crippen molar-refractivity contribution in [3.05, 3.63) is 0 Å². The van der Waals surface area contributed by atoms with Crippen LogP contribution in [0.5, 0.6) is 0 Å². The van der Waals surface area contributed by atoms with Crippen molar-refractivity contribution >= 4 is 6.09 Å². The second kappa shape index (κ2) is 6.27. The molecule has 0 radical (unpaired) electrons. The van der Waals surface area contributed by atoms with E-state index in [-0.39, 0.29) is 17.9 Å². The van der Waals surface area contributed by atoms with Crippen LogP contribution in [0.15, 0.2) is 0 Å². The van der Waals surface area contributed by atoms with Crippen LogP contribution in [0.25, 0.3) is 0 Å². The highest BCUT2D eigenvalue weighted by Gasteiger charge is 2.34. The van der Waals surface area contributed by atoms with Gasteiger partial charge in [0, 0.05) is 13.1 Å². The molecule has 4 nitrogen and oxygen atoms in total. The highest BCUT2D eigenvalue weighted by Crippen LogP contribution is 2.32. The van der Waals surface area contributed by atoms with Crippen molar-refractivity contribution in [1.29, 1.82) is 5.26 Å². The third kappa shape index (κ3) is 3.86. The molecule has 1 aliphatic heterocycles. The first-order chi connectivity index (χ1) is 9.11. The zero-order valence-corrected chi connectivity index (χ0v) is 12.0. The van der Waals surface area contributed by atoms with Gasteiger partial charge < -0.3 is 9.64 Å². The molecule has 1 saturated carbocycles. The van der Waals surface area contributed by atoms with Crippen LogP contribution in [0.4, 0.5) is 4.79 Å². The molecule has 0 aromatic heterocycles. The Bertz CT molecular complexity index is 358. The van der Waals surface area contributed by atoms with Crippen LogP contribution >= 0.6 is 0 Å². The van der Waals surface area contributed by atoms with Crippen LogP contribution in [0.2, 0.25) is 0 Å². The number of nitriles is 1. The van der Waals surface area contributed by atoms with Crippen LogP contribution in [-0.4, -0.2) is 30.7 Å². The summed E-state index contributed by atoms with van der Waals surface area (Å²) in [4.78, 5) is 13.8. The van der Waals surface area contributed by atoms with Crippen LogP contribution < -0.4 is 0 Å². The number of hydrogen-bond donors (Lipinski definition) is 0. The standard InChI is InChI=1S/C15H24N2O2/c1-11(2)14-10-17(7-5-13(14)9-16)15(18)19-8-6-12-3-4-12/h11-14H,3-8,10H2,1-2H3. The monoisotopic (exact) mass is 264 g/mol. The van der Waals surface area contributed by atoms with Gasteiger partial charge in [0.05, 0.1) is 18.6 Å². The molecule has 0 bridgehead atoms. The van der Waals surface area contributed by atoms with E-state index in [4.69, 9.17) is 10.00 Å². The van der Waals surface area contributed by atoms with Crippen LogP contribution in [0.1, 0.15) is 39.5 Å². The number of piperidine rings is 1. The van der Waals surface area contributed by atoms with Crippen molar-refractivity contribution < 1.29 is 9.53 Å². The minimum Gasteiger partial charge on any atom is -0.449 e. The lowest BCUT2D eigenvalue weighted by Crippen LogP contribution is -2.45. The summed E-state index contributed by atoms with van der Waals surface area (Å²) in [5.41, 5.74) is 0. The molecule has 4 heteroatoms. The summed E-state index contributed by atoms with van der Waals surface area (Å²) in [5.74, 6) is 1.57. The molecule has 0 aromatic rings. The first-order valence-electron chi connectivity index (χ1n) is 7.43. The molecule has 2 rings (SSSR count). The zero-order chi connectivity index (χ0) is 13.8. The van der Waals surface area contributed by atoms with Gasteiger partial charge in [0.15, 0.2) is 0 Å². The second-order valence-corrected chi connectivity index (χ2v) is 6.22. The molecular formula is C15H24N2O2. The molecule has 2 fully saturated rings. The van der Waals surface area contributed by atoms with E-state index in [1.807, 2.05) is 0 Å². The highest BCUT2D eigenvalue weighted by atomic mass is 16.6. The van der Waals surface area contributed by atoms with Crippen LogP contribution in [-0.2, 0) is 4.74 Å². The summed E-state index contributed by atoms with van der Waals surface area (Å²) < 4.78 is 5.33. The molecule has 0 N–H and O–H groups in total. The van der Waals surface area contributed by atoms with E-state index in [1.165, 1.54) is 12.8 Å². The maximum atomic E-state index is 12.0. The van der Waals surface area contributed by atoms with E-state index >= 15 is 0 Å². The Kier molecular flexibility index (Phi) is 4.68. The third-order valence-electron chi connectivity index (χ3n) is 4.39. The smallest absolute Gasteiger partial charge is 0.409 e. The molecule has 2 unspecified atom stereocenters. The van der Waals surface area contributed by atoms with E-state index < -0.39 is 0 Å². The lowest BCUT2D eigenvalue weighted by atomic mass is 9.79. The Morgan fingerprint density at radius 2 is 2.16 bits per heavy atom. The SMILES string of the molecule is CC(C)C1CN(C(=O)OCCC2CC2)CCC1C#N. The number of likely N-dealkylation sites (tertiary alicyclic amines) is 1. The average Bonchev–Trinajstić information content (AvgIpc) is 3.21. The van der Waals surface area contributed by atoms with Crippen molar-refractivity contribution in [3.63, 3.8) is 0 Å². The van der Waals surface area contributed by atoms with E-state index in [0.29, 0.717) is 25.6 Å². The van der Waals surface area contributed by atoms with Crippen molar-refractivity contribution in [2.75, 3.05) is 19.7 Å². The summed E-state index contributed by atoms with van der Waals surface area (Å²) in [6, 6.07) is 2.38. The normalized spacial score (nSPS) is 27.2. The molecule has 1 heterocycles. The molecule has 1 amide bonds. The number of rotatable bonds is 4. The fourth-order valence-corrected chi connectivity index (χ4v) is 2.79. The Morgan fingerprint density at radius 1 is 1.42 bits per heavy atom. The van der Waals surface area contributed by atoms with E-state index in [0.717, 1.165) is 18.8 Å². The number of carbonyl (C=O) groups is 1. The Morgan fingerprint density at radius 3 is 2.74 bits per heavy atom. The van der Waals surface area contributed by atoms with E-state index in [1.54, 1.807) is 4.90 Å². The van der Waals surface area contributed by atoms with Crippen LogP contribution in [0.3, 0.4) is 0 Å². The van der Waals surface area contributed by atoms with Gasteiger partial charge in [-0.2, -0.15) is 5.26 Å². The molecule has 19 heavy (non-hydrogen) atoms. The summed E-state index contributed by atoms with van der Waals surface area (Å²) >= 11 is 0. The molecule has 0 aromatic carbocycles. The quantitative estimate of drug-likeness (QED) is 0.784. The van der Waals surface area contributed by atoms with Crippen molar-refractivity contribution in [2.24, 2.45) is 23.7 Å². The van der Waals surface area contributed by atoms with Gasteiger partial charge in [-0.3, -0.25) is 0 Å². The van der Waals surface area contributed by atoms with Gasteiger partial charge in [-0.05, 0) is 30.6 Å². The third-order valence-corrected chi connectivity index (χ3v) is 4.39. The van der Waals surface area contributed by atoms with E-state index in [9.17, 15) is 4.79 Å². The highest BCUT2D eigenvalue weighted by molar-refractivity contribution is 5.67. The number of hydrogen-bond acceptors (Lipinski definition) is 3. The van der Waals surface area contributed by atoms with E-state index in [2.05, 4.69) is 19.9 Å². The molecule has 1 saturated heterocycles. The fraction of sp³-hybridized carbons (Fsp3) is 0.867.